The maximum absolute atomic E-state index is 12.8. The Morgan fingerprint density at radius 3 is 1.39 bits per heavy atom. The Hall–Kier alpha value is -4.14. The van der Waals surface area contributed by atoms with E-state index in [1.54, 1.807) is 6.07 Å². The third-order valence-corrected chi connectivity index (χ3v) is 6.61. The normalized spacial score (nSPS) is 11.9. The molecule has 0 spiro atoms. The van der Waals surface area contributed by atoms with Crippen LogP contribution in [-0.2, 0) is 5.60 Å². The monoisotopic (exact) mass is 426 g/mol. The van der Waals surface area contributed by atoms with E-state index in [9.17, 15) is 10.2 Å². The lowest BCUT2D eigenvalue weighted by atomic mass is 9.76. The number of phenols is 1. The summed E-state index contributed by atoms with van der Waals surface area (Å²) in [4.78, 5) is 0. The topological polar surface area (TPSA) is 40.5 Å². The summed E-state index contributed by atoms with van der Waals surface area (Å²) in [6, 6.07) is 39.6. The van der Waals surface area contributed by atoms with Gasteiger partial charge in [0.15, 0.2) is 0 Å². The minimum atomic E-state index is -1.57. The van der Waals surface area contributed by atoms with Gasteiger partial charge in [-0.05, 0) is 44.5 Å². The lowest BCUT2D eigenvalue weighted by Gasteiger charge is -2.33. The van der Waals surface area contributed by atoms with Crippen molar-refractivity contribution in [3.05, 3.63) is 138 Å². The van der Waals surface area contributed by atoms with Crippen LogP contribution in [0.1, 0.15) is 16.7 Å². The molecule has 0 saturated heterocycles. The van der Waals surface area contributed by atoms with Crippen LogP contribution in [0.5, 0.6) is 5.75 Å². The van der Waals surface area contributed by atoms with E-state index >= 15 is 0 Å². The molecule has 6 aromatic carbocycles. The van der Waals surface area contributed by atoms with Gasteiger partial charge in [-0.2, -0.15) is 0 Å². The zero-order chi connectivity index (χ0) is 22.4. The van der Waals surface area contributed by atoms with Gasteiger partial charge in [0.2, 0.25) is 0 Å². The molecule has 2 nitrogen and oxygen atoms in total. The Balaban J connectivity index is 1.78. The molecule has 0 saturated carbocycles. The fourth-order valence-corrected chi connectivity index (χ4v) is 5.04. The highest BCUT2D eigenvalue weighted by molar-refractivity contribution is 5.93. The quantitative estimate of drug-likeness (QED) is 0.295. The zero-order valence-electron chi connectivity index (χ0n) is 17.9. The number of rotatable bonds is 3. The molecule has 0 bridgehead atoms. The minimum Gasteiger partial charge on any atom is -0.508 e. The lowest BCUT2D eigenvalue weighted by Crippen LogP contribution is -2.29. The van der Waals surface area contributed by atoms with Crippen LogP contribution in [0.3, 0.4) is 0 Å². The van der Waals surface area contributed by atoms with Crippen molar-refractivity contribution >= 4 is 32.3 Å². The van der Waals surface area contributed by atoms with Crippen molar-refractivity contribution in [3.8, 4) is 5.75 Å². The van der Waals surface area contributed by atoms with E-state index in [4.69, 9.17) is 0 Å². The summed E-state index contributed by atoms with van der Waals surface area (Å²) in [7, 11) is 0. The van der Waals surface area contributed by atoms with E-state index in [0.29, 0.717) is 5.56 Å². The summed E-state index contributed by atoms with van der Waals surface area (Å²) in [6.45, 7) is 0. The van der Waals surface area contributed by atoms with E-state index in [1.165, 1.54) is 0 Å². The fourth-order valence-electron chi connectivity index (χ4n) is 5.04. The Kier molecular flexibility index (Phi) is 4.42. The summed E-state index contributed by atoms with van der Waals surface area (Å²) >= 11 is 0. The predicted octanol–water partition coefficient (Wildman–Crippen LogP) is 7.14. The Bertz CT molecular complexity index is 1560. The van der Waals surface area contributed by atoms with Gasteiger partial charge in [-0.3, -0.25) is 0 Å². The van der Waals surface area contributed by atoms with Gasteiger partial charge in [0, 0.05) is 16.7 Å². The number of fused-ring (bicyclic) bond motifs is 3. The third-order valence-electron chi connectivity index (χ3n) is 6.61. The predicted molar refractivity (Wildman–Crippen MR) is 136 cm³/mol. The molecule has 0 radical (unpaired) electrons. The first-order valence-electron chi connectivity index (χ1n) is 11.1. The molecule has 0 unspecified atom stereocenters. The SMILES string of the molecule is Oc1cc2ccccc2cc1C(O)(c1cccc2ccccc12)c1cccc2ccccc12. The molecular weight excluding hydrogens is 404 g/mol. The number of aromatic hydroxyl groups is 1. The smallest absolute Gasteiger partial charge is 0.145 e. The average molecular weight is 427 g/mol. The van der Waals surface area contributed by atoms with Gasteiger partial charge < -0.3 is 10.2 Å². The van der Waals surface area contributed by atoms with Crippen LogP contribution in [0.4, 0.5) is 0 Å². The van der Waals surface area contributed by atoms with Crippen LogP contribution in [-0.4, -0.2) is 10.2 Å². The second-order valence-electron chi connectivity index (χ2n) is 8.48. The maximum atomic E-state index is 12.8. The molecule has 33 heavy (non-hydrogen) atoms. The van der Waals surface area contributed by atoms with Crippen LogP contribution >= 0.6 is 0 Å². The molecule has 2 N–H and O–H groups in total. The highest BCUT2D eigenvalue weighted by atomic mass is 16.3. The van der Waals surface area contributed by atoms with Gasteiger partial charge in [-0.15, -0.1) is 0 Å². The molecule has 0 heterocycles. The van der Waals surface area contributed by atoms with Crippen molar-refractivity contribution in [2.24, 2.45) is 0 Å². The van der Waals surface area contributed by atoms with Gasteiger partial charge >= 0.3 is 0 Å². The number of aliphatic hydroxyl groups is 1. The second-order valence-corrected chi connectivity index (χ2v) is 8.48. The highest BCUT2D eigenvalue weighted by Gasteiger charge is 2.38. The van der Waals surface area contributed by atoms with Gasteiger partial charge in [0.1, 0.15) is 11.4 Å². The van der Waals surface area contributed by atoms with Gasteiger partial charge in [-0.1, -0.05) is 109 Å². The standard InChI is InChI=1S/C31H22O2/c32-30-20-24-12-2-1-11-23(24)19-29(30)31(33,27-17-7-13-21-9-3-5-15-25(21)27)28-18-8-14-22-10-4-6-16-26(22)28/h1-20,32-33H. The van der Waals surface area contributed by atoms with Gasteiger partial charge in [0.05, 0.1) is 0 Å². The third kappa shape index (κ3) is 3.00. The van der Waals surface area contributed by atoms with Crippen molar-refractivity contribution in [1.29, 1.82) is 0 Å². The highest BCUT2D eigenvalue weighted by Crippen LogP contribution is 2.46. The number of hydrogen-bond donors (Lipinski definition) is 2. The summed E-state index contributed by atoms with van der Waals surface area (Å²) in [5, 5.41) is 29.9. The van der Waals surface area contributed by atoms with E-state index < -0.39 is 5.60 Å². The van der Waals surface area contributed by atoms with Crippen LogP contribution < -0.4 is 0 Å². The molecular formula is C31H22O2. The molecule has 0 fully saturated rings. The first-order valence-corrected chi connectivity index (χ1v) is 11.1. The first-order chi connectivity index (χ1) is 16.2. The van der Waals surface area contributed by atoms with E-state index in [1.807, 2.05) is 115 Å². The summed E-state index contributed by atoms with van der Waals surface area (Å²) in [5.41, 5.74) is 0.370. The van der Waals surface area contributed by atoms with Crippen molar-refractivity contribution in [2.75, 3.05) is 0 Å². The molecule has 6 aromatic rings. The van der Waals surface area contributed by atoms with E-state index in [0.717, 1.165) is 43.4 Å². The Morgan fingerprint density at radius 1 is 0.424 bits per heavy atom. The molecule has 158 valence electrons. The maximum Gasteiger partial charge on any atom is 0.145 e. The average Bonchev–Trinajstić information content (AvgIpc) is 2.87. The van der Waals surface area contributed by atoms with Gasteiger partial charge in [-0.25, -0.2) is 0 Å². The summed E-state index contributed by atoms with van der Waals surface area (Å²) in [5.74, 6) is 0.0667. The summed E-state index contributed by atoms with van der Waals surface area (Å²) < 4.78 is 0. The molecule has 0 aromatic heterocycles. The van der Waals surface area contributed by atoms with Crippen molar-refractivity contribution in [3.63, 3.8) is 0 Å². The largest absolute Gasteiger partial charge is 0.508 e. The molecule has 2 heteroatoms. The van der Waals surface area contributed by atoms with E-state index in [-0.39, 0.29) is 5.75 Å². The Labute approximate surface area is 192 Å². The zero-order valence-corrected chi connectivity index (χ0v) is 17.9. The molecule has 0 aliphatic heterocycles. The molecule has 0 aliphatic carbocycles. The fraction of sp³-hybridized carbons (Fsp3) is 0.0323. The number of hydrogen-bond acceptors (Lipinski definition) is 2. The molecule has 0 aliphatic rings. The van der Waals surface area contributed by atoms with Crippen LogP contribution in [0.15, 0.2) is 121 Å². The van der Waals surface area contributed by atoms with Gasteiger partial charge in [0.25, 0.3) is 0 Å². The number of benzene rings is 6. The van der Waals surface area contributed by atoms with E-state index in [2.05, 4.69) is 0 Å². The van der Waals surface area contributed by atoms with Crippen molar-refractivity contribution in [1.82, 2.24) is 0 Å². The van der Waals surface area contributed by atoms with Crippen LogP contribution in [0.25, 0.3) is 32.3 Å². The van der Waals surface area contributed by atoms with Crippen molar-refractivity contribution in [2.45, 2.75) is 5.60 Å². The molecule has 6 rings (SSSR count). The summed E-state index contributed by atoms with van der Waals surface area (Å²) in [6.07, 6.45) is 0. The first kappa shape index (κ1) is 19.5. The van der Waals surface area contributed by atoms with Crippen LogP contribution in [0.2, 0.25) is 0 Å². The minimum absolute atomic E-state index is 0.0667. The number of phenolic OH excluding ortho intramolecular Hbond substituents is 1. The van der Waals surface area contributed by atoms with Crippen LogP contribution in [0, 0.1) is 0 Å². The lowest BCUT2D eigenvalue weighted by molar-refractivity contribution is 0.126. The van der Waals surface area contributed by atoms with Crippen molar-refractivity contribution < 1.29 is 10.2 Å². The second kappa shape index (κ2) is 7.47. The Morgan fingerprint density at radius 2 is 0.848 bits per heavy atom. The molecule has 0 atom stereocenters. The molecule has 0 amide bonds.